The van der Waals surface area contributed by atoms with Crippen LogP contribution in [-0.4, -0.2) is 46.0 Å². The lowest BCUT2D eigenvalue weighted by Gasteiger charge is -2.29. The number of nitrogens with two attached hydrogens (primary N) is 1. The maximum atomic E-state index is 12.7. The summed E-state index contributed by atoms with van der Waals surface area (Å²) in [5.74, 6) is -1.93. The second-order valence-corrected chi connectivity index (χ2v) is 9.25. The molecule has 0 aromatic heterocycles. The third-order valence-corrected chi connectivity index (χ3v) is 6.75. The summed E-state index contributed by atoms with van der Waals surface area (Å²) in [7, 11) is -2.18. The monoisotopic (exact) mass is 390 g/mol. The van der Waals surface area contributed by atoms with Crippen LogP contribution in [0.3, 0.4) is 0 Å². The number of rotatable bonds is 10. The van der Waals surface area contributed by atoms with Gasteiger partial charge in [0.05, 0.1) is 12.1 Å². The van der Waals surface area contributed by atoms with E-state index in [1.165, 1.54) is 4.90 Å². The van der Waals surface area contributed by atoms with Gasteiger partial charge in [-0.05, 0) is 37.4 Å². The molecule has 2 unspecified atom stereocenters. The van der Waals surface area contributed by atoms with Gasteiger partial charge in [0.25, 0.3) is 0 Å². The average molecular weight is 390 g/mol. The molecule has 27 heavy (non-hydrogen) atoms. The molecule has 0 radical (unpaired) electrons. The fraction of sp³-hybridized carbons (Fsp3) is 0.350. The van der Waals surface area contributed by atoms with E-state index in [4.69, 9.17) is 5.73 Å². The number of carboxylic acid groups (broad SMARTS) is 1. The van der Waals surface area contributed by atoms with Crippen molar-refractivity contribution in [2.75, 3.05) is 13.3 Å². The van der Waals surface area contributed by atoms with Gasteiger partial charge in [0.15, 0.2) is 0 Å². The standard InChI is InChI=1S/C20H27N2O4P/c1-22(18(20(23)24)14-17-10-6-3-7-11-17)15-27(25,26)19(21)13-12-16-8-4-2-5-9-16/h2-11,18-19H,12-15,21H2,1H3,(H,23,24)(H,25,26)/t18-,19?/m0/s1. The summed E-state index contributed by atoms with van der Waals surface area (Å²) < 4.78 is 12.7. The van der Waals surface area contributed by atoms with E-state index >= 15 is 0 Å². The minimum absolute atomic E-state index is 0.256. The van der Waals surface area contributed by atoms with Gasteiger partial charge in [0.1, 0.15) is 6.04 Å². The van der Waals surface area contributed by atoms with Crippen LogP contribution >= 0.6 is 7.37 Å². The molecule has 2 aromatic carbocycles. The van der Waals surface area contributed by atoms with Gasteiger partial charge in [-0.2, -0.15) is 0 Å². The lowest BCUT2D eigenvalue weighted by Crippen LogP contribution is -2.42. The van der Waals surface area contributed by atoms with Crippen molar-refractivity contribution < 1.29 is 19.4 Å². The molecule has 0 fully saturated rings. The highest BCUT2D eigenvalue weighted by Gasteiger charge is 2.33. The molecule has 0 aliphatic carbocycles. The van der Waals surface area contributed by atoms with E-state index in [9.17, 15) is 19.4 Å². The van der Waals surface area contributed by atoms with Gasteiger partial charge in [0, 0.05) is 0 Å². The van der Waals surface area contributed by atoms with Crippen molar-refractivity contribution in [1.82, 2.24) is 4.90 Å². The summed E-state index contributed by atoms with van der Waals surface area (Å²) in [6.07, 6.45) is 0.962. The molecular formula is C20H27N2O4P. The van der Waals surface area contributed by atoms with Crippen molar-refractivity contribution in [3.05, 3.63) is 71.8 Å². The Hall–Kier alpha value is -1.98. The van der Waals surface area contributed by atoms with Crippen LogP contribution in [0.5, 0.6) is 0 Å². The van der Waals surface area contributed by atoms with Crippen LogP contribution in [0.1, 0.15) is 17.5 Å². The van der Waals surface area contributed by atoms with Crippen LogP contribution in [0.4, 0.5) is 0 Å². The van der Waals surface area contributed by atoms with Crippen molar-refractivity contribution in [3.8, 4) is 0 Å². The highest BCUT2D eigenvalue weighted by Crippen LogP contribution is 2.46. The fourth-order valence-electron chi connectivity index (χ4n) is 2.95. The largest absolute Gasteiger partial charge is 0.480 e. The summed E-state index contributed by atoms with van der Waals surface area (Å²) in [5, 5.41) is 9.55. The molecule has 0 aliphatic heterocycles. The Balaban J connectivity index is 1.98. The quantitative estimate of drug-likeness (QED) is 0.539. The number of carboxylic acids is 1. The number of hydrogen-bond acceptors (Lipinski definition) is 4. The fourth-order valence-corrected chi connectivity index (χ4v) is 4.53. The van der Waals surface area contributed by atoms with Gasteiger partial charge < -0.3 is 15.7 Å². The van der Waals surface area contributed by atoms with Gasteiger partial charge in [-0.1, -0.05) is 60.7 Å². The van der Waals surface area contributed by atoms with E-state index in [1.807, 2.05) is 60.7 Å². The van der Waals surface area contributed by atoms with E-state index in [1.54, 1.807) is 7.05 Å². The van der Waals surface area contributed by atoms with Crippen molar-refractivity contribution in [2.45, 2.75) is 31.1 Å². The Morgan fingerprint density at radius 2 is 1.59 bits per heavy atom. The molecule has 3 atom stereocenters. The lowest BCUT2D eigenvalue weighted by molar-refractivity contribution is -0.142. The van der Waals surface area contributed by atoms with Gasteiger partial charge in [-0.3, -0.25) is 14.3 Å². The highest BCUT2D eigenvalue weighted by atomic mass is 31.2. The zero-order chi connectivity index (χ0) is 19.9. The Morgan fingerprint density at radius 1 is 1.07 bits per heavy atom. The second-order valence-electron chi connectivity index (χ2n) is 6.79. The van der Waals surface area contributed by atoms with Crippen LogP contribution in [0, 0.1) is 0 Å². The second kappa shape index (κ2) is 9.81. The Morgan fingerprint density at radius 3 is 2.11 bits per heavy atom. The molecule has 2 aromatic rings. The number of aryl methyl sites for hydroxylation is 1. The molecule has 0 saturated heterocycles. The molecule has 7 heteroatoms. The molecule has 0 amide bonds. The third kappa shape index (κ3) is 6.60. The molecule has 146 valence electrons. The van der Waals surface area contributed by atoms with Crippen molar-refractivity contribution >= 4 is 13.3 Å². The zero-order valence-electron chi connectivity index (χ0n) is 15.4. The molecule has 0 bridgehead atoms. The van der Waals surface area contributed by atoms with E-state index in [0.717, 1.165) is 11.1 Å². The van der Waals surface area contributed by atoms with Gasteiger partial charge in [-0.25, -0.2) is 0 Å². The average Bonchev–Trinajstić information content (AvgIpc) is 2.65. The molecule has 4 N–H and O–H groups in total. The first kappa shape index (κ1) is 21.3. The Kier molecular flexibility index (Phi) is 7.75. The smallest absolute Gasteiger partial charge is 0.321 e. The number of nitrogens with zero attached hydrogens (tertiary/aromatic N) is 1. The van der Waals surface area contributed by atoms with Crippen LogP contribution in [0.2, 0.25) is 0 Å². The first-order valence-electron chi connectivity index (χ1n) is 8.87. The molecule has 6 nitrogen and oxygen atoms in total. The first-order valence-corrected chi connectivity index (χ1v) is 10.8. The maximum Gasteiger partial charge on any atom is 0.321 e. The predicted molar refractivity (Wildman–Crippen MR) is 107 cm³/mol. The maximum absolute atomic E-state index is 12.7. The summed E-state index contributed by atoms with van der Waals surface area (Å²) in [5.41, 5.74) is 7.90. The highest BCUT2D eigenvalue weighted by molar-refractivity contribution is 7.58. The zero-order valence-corrected chi connectivity index (χ0v) is 16.3. The molecule has 0 aliphatic rings. The number of benzene rings is 2. The predicted octanol–water partition coefficient (Wildman–Crippen LogP) is 2.76. The third-order valence-electron chi connectivity index (χ3n) is 4.60. The number of hydrogen-bond donors (Lipinski definition) is 3. The van der Waals surface area contributed by atoms with Crippen LogP contribution in [0.25, 0.3) is 0 Å². The first-order chi connectivity index (χ1) is 12.8. The summed E-state index contributed by atoms with van der Waals surface area (Å²) >= 11 is 0. The summed E-state index contributed by atoms with van der Waals surface area (Å²) in [6.45, 7) is 0. The molecule has 0 heterocycles. The van der Waals surface area contributed by atoms with Crippen molar-refractivity contribution in [2.24, 2.45) is 5.73 Å². The Labute approximate surface area is 160 Å². The van der Waals surface area contributed by atoms with E-state index in [-0.39, 0.29) is 12.7 Å². The molecule has 0 spiro atoms. The minimum Gasteiger partial charge on any atom is -0.480 e. The van der Waals surface area contributed by atoms with E-state index < -0.39 is 25.2 Å². The lowest BCUT2D eigenvalue weighted by atomic mass is 10.1. The van der Waals surface area contributed by atoms with E-state index in [0.29, 0.717) is 12.8 Å². The summed E-state index contributed by atoms with van der Waals surface area (Å²) in [4.78, 5) is 23.5. The molecular weight excluding hydrogens is 363 g/mol. The van der Waals surface area contributed by atoms with Crippen molar-refractivity contribution in [3.63, 3.8) is 0 Å². The molecule has 0 saturated carbocycles. The van der Waals surface area contributed by atoms with Crippen molar-refractivity contribution in [1.29, 1.82) is 0 Å². The van der Waals surface area contributed by atoms with Crippen LogP contribution in [-0.2, 0) is 22.2 Å². The Bertz CT molecular complexity index is 770. The minimum atomic E-state index is -3.73. The summed E-state index contributed by atoms with van der Waals surface area (Å²) in [6, 6.07) is 17.9. The van der Waals surface area contributed by atoms with Gasteiger partial charge in [0.2, 0.25) is 7.37 Å². The van der Waals surface area contributed by atoms with Gasteiger partial charge >= 0.3 is 5.97 Å². The SMILES string of the molecule is CN(CP(=O)(O)C(N)CCc1ccccc1)[C@@H](Cc1ccccc1)C(=O)O. The topological polar surface area (TPSA) is 104 Å². The molecule has 2 rings (SSSR count). The number of likely N-dealkylation sites (N-methyl/N-ethyl adjacent to an activating group) is 1. The normalized spacial score (nSPS) is 15.9. The van der Waals surface area contributed by atoms with Crippen LogP contribution in [0.15, 0.2) is 60.7 Å². The van der Waals surface area contributed by atoms with E-state index in [2.05, 4.69) is 0 Å². The number of carbonyl (C=O) groups is 1. The van der Waals surface area contributed by atoms with Gasteiger partial charge in [-0.15, -0.1) is 0 Å². The van der Waals surface area contributed by atoms with Crippen LogP contribution < -0.4 is 5.73 Å². The number of aliphatic carboxylic acids is 1.